The molecule has 0 radical (unpaired) electrons. The molecule has 1 N–H and O–H groups in total. The maximum absolute atomic E-state index is 13.5. The Kier molecular flexibility index (Phi) is 7.48. The second-order valence-electron chi connectivity index (χ2n) is 8.30. The zero-order valence-electron chi connectivity index (χ0n) is 19.5. The molecule has 0 bridgehead atoms. The van der Waals surface area contributed by atoms with Crippen LogP contribution in [0.15, 0.2) is 82.6 Å². The summed E-state index contributed by atoms with van der Waals surface area (Å²) in [5, 5.41) is 2.81. The number of sulfone groups is 1. The Morgan fingerprint density at radius 3 is 1.94 bits per heavy atom. The Bertz CT molecular complexity index is 1360. The Hall–Kier alpha value is -3.17. The number of nitrogens with zero attached hydrogens (tertiary/aromatic N) is 1. The molecule has 0 heterocycles. The van der Waals surface area contributed by atoms with Crippen LogP contribution >= 0.6 is 0 Å². The van der Waals surface area contributed by atoms with Crippen LogP contribution in [0, 0.1) is 13.8 Å². The molecule has 9 heteroatoms. The van der Waals surface area contributed by atoms with Crippen molar-refractivity contribution >= 4 is 31.5 Å². The third-order valence-corrected chi connectivity index (χ3v) is 8.22. The van der Waals surface area contributed by atoms with Crippen molar-refractivity contribution in [3.8, 4) is 0 Å². The van der Waals surface area contributed by atoms with Crippen LogP contribution in [0.5, 0.6) is 0 Å². The first-order valence-corrected chi connectivity index (χ1v) is 14.0. The van der Waals surface area contributed by atoms with Crippen molar-refractivity contribution < 1.29 is 21.6 Å². The van der Waals surface area contributed by atoms with Gasteiger partial charge in [0.25, 0.3) is 10.0 Å². The van der Waals surface area contributed by atoms with Gasteiger partial charge in [0.05, 0.1) is 21.5 Å². The number of nitrogens with one attached hydrogen (secondary N) is 1. The average Bonchev–Trinajstić information content (AvgIpc) is 2.76. The van der Waals surface area contributed by atoms with Crippen molar-refractivity contribution in [2.24, 2.45) is 0 Å². The van der Waals surface area contributed by atoms with Crippen LogP contribution in [0.1, 0.15) is 29.7 Å². The maximum Gasteiger partial charge on any atom is 0.264 e. The maximum atomic E-state index is 13.5. The van der Waals surface area contributed by atoms with Gasteiger partial charge in [-0.15, -0.1) is 0 Å². The first-order valence-electron chi connectivity index (χ1n) is 10.6. The van der Waals surface area contributed by atoms with Crippen LogP contribution in [0.25, 0.3) is 0 Å². The van der Waals surface area contributed by atoms with E-state index < -0.39 is 38.4 Å². The van der Waals surface area contributed by atoms with E-state index in [-0.39, 0.29) is 9.79 Å². The number of carbonyl (C=O) groups is 1. The largest absolute Gasteiger partial charge is 0.348 e. The van der Waals surface area contributed by atoms with Crippen LogP contribution in [0.3, 0.4) is 0 Å². The van der Waals surface area contributed by atoms with Gasteiger partial charge in [-0.3, -0.25) is 9.10 Å². The second-order valence-corrected chi connectivity index (χ2v) is 12.2. The smallest absolute Gasteiger partial charge is 0.264 e. The molecule has 34 heavy (non-hydrogen) atoms. The summed E-state index contributed by atoms with van der Waals surface area (Å²) in [7, 11) is -7.32. The number of benzene rings is 3. The van der Waals surface area contributed by atoms with Gasteiger partial charge in [-0.05, 0) is 73.9 Å². The SMILES string of the molecule is Cc1cc(C)cc(N(CC(=O)N[C@H](C)c2ccc(S(C)(=O)=O)cc2)S(=O)(=O)c2ccccc2)c1. The van der Waals surface area contributed by atoms with Crippen molar-refractivity contribution in [2.75, 3.05) is 17.1 Å². The first kappa shape index (κ1) is 25.5. The van der Waals surface area contributed by atoms with Gasteiger partial charge in [0, 0.05) is 6.26 Å². The van der Waals surface area contributed by atoms with E-state index in [9.17, 15) is 21.6 Å². The molecule has 3 rings (SSSR count). The lowest BCUT2D eigenvalue weighted by Gasteiger charge is -2.26. The van der Waals surface area contributed by atoms with Gasteiger partial charge in [0.2, 0.25) is 5.91 Å². The molecule has 0 spiro atoms. The Morgan fingerprint density at radius 1 is 0.853 bits per heavy atom. The number of hydrogen-bond donors (Lipinski definition) is 1. The molecule has 7 nitrogen and oxygen atoms in total. The molecule has 0 unspecified atom stereocenters. The van der Waals surface area contributed by atoms with E-state index in [1.165, 1.54) is 24.3 Å². The van der Waals surface area contributed by atoms with Gasteiger partial charge in [-0.1, -0.05) is 36.4 Å². The average molecular weight is 501 g/mol. The lowest BCUT2D eigenvalue weighted by Crippen LogP contribution is -2.41. The minimum absolute atomic E-state index is 0.0892. The van der Waals surface area contributed by atoms with E-state index >= 15 is 0 Å². The fourth-order valence-corrected chi connectivity index (χ4v) is 5.69. The molecule has 0 saturated heterocycles. The Morgan fingerprint density at radius 2 is 1.41 bits per heavy atom. The van der Waals surface area contributed by atoms with E-state index in [1.807, 2.05) is 19.9 Å². The summed E-state index contributed by atoms with van der Waals surface area (Å²) in [5.41, 5.74) is 2.86. The van der Waals surface area contributed by atoms with Crippen molar-refractivity contribution in [3.63, 3.8) is 0 Å². The predicted molar refractivity (Wildman–Crippen MR) is 133 cm³/mol. The molecule has 180 valence electrons. The van der Waals surface area contributed by atoms with Gasteiger partial charge in [0.15, 0.2) is 9.84 Å². The fraction of sp³-hybridized carbons (Fsp3) is 0.240. The molecule has 0 aliphatic carbocycles. The summed E-state index contributed by atoms with van der Waals surface area (Å²) >= 11 is 0. The van der Waals surface area contributed by atoms with Crippen molar-refractivity contribution in [2.45, 2.75) is 36.6 Å². The molecule has 0 saturated carbocycles. The minimum atomic E-state index is -4.00. The summed E-state index contributed by atoms with van der Waals surface area (Å²) in [4.78, 5) is 13.2. The second kappa shape index (κ2) is 9.99. The summed E-state index contributed by atoms with van der Waals surface area (Å²) < 4.78 is 51.4. The molecule has 3 aromatic carbocycles. The molecule has 0 fully saturated rings. The lowest BCUT2D eigenvalue weighted by molar-refractivity contribution is -0.120. The van der Waals surface area contributed by atoms with Crippen molar-refractivity contribution in [3.05, 3.63) is 89.5 Å². The van der Waals surface area contributed by atoms with Crippen LogP contribution < -0.4 is 9.62 Å². The minimum Gasteiger partial charge on any atom is -0.348 e. The number of anilines is 1. The number of amides is 1. The van der Waals surface area contributed by atoms with Gasteiger partial charge < -0.3 is 5.32 Å². The van der Waals surface area contributed by atoms with Gasteiger partial charge in [-0.2, -0.15) is 0 Å². The molecule has 0 aliphatic rings. The van der Waals surface area contributed by atoms with Gasteiger partial charge >= 0.3 is 0 Å². The number of rotatable bonds is 8. The highest BCUT2D eigenvalue weighted by atomic mass is 32.2. The topological polar surface area (TPSA) is 101 Å². The zero-order valence-corrected chi connectivity index (χ0v) is 21.2. The standard InChI is InChI=1S/C25H28N2O5S2/c1-18-14-19(2)16-22(15-18)27(34(31,32)24-8-6-5-7-9-24)17-25(28)26-20(3)21-10-12-23(13-11-21)33(4,29)30/h5-16,20H,17H2,1-4H3,(H,26,28)/t20-/m1/s1. The fourth-order valence-electron chi connectivity index (χ4n) is 3.63. The quantitative estimate of drug-likeness (QED) is 0.507. The summed E-state index contributed by atoms with van der Waals surface area (Å²) in [6.45, 7) is 5.07. The molecule has 1 amide bonds. The van der Waals surface area contributed by atoms with Gasteiger partial charge in [0.1, 0.15) is 6.54 Å². The lowest BCUT2D eigenvalue weighted by atomic mass is 10.1. The van der Waals surface area contributed by atoms with Crippen LogP contribution in [-0.2, 0) is 24.7 Å². The van der Waals surface area contributed by atoms with Crippen LogP contribution in [-0.4, -0.2) is 35.5 Å². The first-order chi connectivity index (χ1) is 15.9. The Balaban J connectivity index is 1.88. The van der Waals surface area contributed by atoms with Crippen molar-refractivity contribution in [1.29, 1.82) is 0 Å². The van der Waals surface area contributed by atoms with E-state index in [1.54, 1.807) is 49.4 Å². The Labute approximate surface area is 201 Å². The van der Waals surface area contributed by atoms with E-state index in [0.29, 0.717) is 11.3 Å². The number of carbonyl (C=O) groups excluding carboxylic acids is 1. The third kappa shape index (κ3) is 6.03. The summed E-state index contributed by atoms with van der Waals surface area (Å²) in [6.07, 6.45) is 1.13. The normalized spacial score (nSPS) is 12.7. The highest BCUT2D eigenvalue weighted by Crippen LogP contribution is 2.26. The summed E-state index contributed by atoms with van der Waals surface area (Å²) in [6, 6.07) is 19.1. The molecule has 0 aromatic heterocycles. The van der Waals surface area contributed by atoms with E-state index in [4.69, 9.17) is 0 Å². The monoisotopic (exact) mass is 500 g/mol. The number of sulfonamides is 1. The van der Waals surface area contributed by atoms with E-state index in [0.717, 1.165) is 21.7 Å². The molecule has 3 aromatic rings. The molecular weight excluding hydrogens is 472 g/mol. The van der Waals surface area contributed by atoms with Gasteiger partial charge in [-0.25, -0.2) is 16.8 Å². The molecule has 0 aliphatic heterocycles. The number of aryl methyl sites for hydroxylation is 2. The molecular formula is C25H28N2O5S2. The number of hydrogen-bond acceptors (Lipinski definition) is 5. The molecule has 1 atom stereocenters. The zero-order chi connectivity index (χ0) is 25.1. The third-order valence-electron chi connectivity index (χ3n) is 5.30. The van der Waals surface area contributed by atoms with Crippen molar-refractivity contribution in [1.82, 2.24) is 5.32 Å². The van der Waals surface area contributed by atoms with Crippen LogP contribution in [0.4, 0.5) is 5.69 Å². The highest BCUT2D eigenvalue weighted by molar-refractivity contribution is 7.93. The van der Waals surface area contributed by atoms with E-state index in [2.05, 4.69) is 5.32 Å². The predicted octanol–water partition coefficient (Wildman–Crippen LogP) is 3.78. The highest BCUT2D eigenvalue weighted by Gasteiger charge is 2.28. The van der Waals surface area contributed by atoms with Crippen LogP contribution in [0.2, 0.25) is 0 Å². The summed E-state index contributed by atoms with van der Waals surface area (Å²) in [5.74, 6) is -0.488.